The second-order valence-corrected chi connectivity index (χ2v) is 16.9. The second kappa shape index (κ2) is 53.6. The number of rotatable bonds is 46. The van der Waals surface area contributed by atoms with E-state index >= 15 is 0 Å². The first-order valence-electron chi connectivity index (χ1n) is 26.1. The van der Waals surface area contributed by atoms with Crippen molar-refractivity contribution >= 4 is 11.9 Å². The van der Waals surface area contributed by atoms with E-state index in [1.165, 1.54) is 83.5 Å². The number of carbonyl (C=O) groups is 2. The van der Waals surface area contributed by atoms with Crippen LogP contribution in [0.2, 0.25) is 0 Å². The molecule has 0 bridgehead atoms. The minimum Gasteiger partial charge on any atom is -0.462 e. The summed E-state index contributed by atoms with van der Waals surface area (Å²) in [5.41, 5.74) is 0. The maximum atomic E-state index is 12.3. The Balaban J connectivity index is 3.61. The molecule has 1 atom stereocenters. The van der Waals surface area contributed by atoms with Crippen LogP contribution >= 0.6 is 0 Å². The van der Waals surface area contributed by atoms with Gasteiger partial charge in [-0.3, -0.25) is 9.59 Å². The standard InChI is InChI=1S/C59H96O5/c1-3-5-7-9-11-13-15-17-19-21-22-23-24-25-26-27-28-29-30-31-32-33-34-35-36-38-40-42-44-46-48-50-52-54-59(62)64-57(55-60)56-63-58(61)53-51-49-47-45-43-41-39-37-20-18-16-14-12-10-8-6-4-2/h5,7,11-14,17-20,22-23,25-26,28-29,31-32,34-35,57,60H,3-4,6,8-10,15-16,21,24,27,30,33,36-56H2,1-2H3/b7-5-,13-11-,14-12-,19-17-,20-18-,23-22-,26-25-,29-28-,32-31-,35-34-. The van der Waals surface area contributed by atoms with Crippen molar-refractivity contribution in [2.24, 2.45) is 0 Å². The van der Waals surface area contributed by atoms with Crippen LogP contribution in [0.4, 0.5) is 0 Å². The van der Waals surface area contributed by atoms with Gasteiger partial charge in [-0.15, -0.1) is 0 Å². The number of unbranched alkanes of at least 4 members (excludes halogenated alkanes) is 18. The van der Waals surface area contributed by atoms with Crippen LogP contribution in [-0.2, 0) is 19.1 Å². The Morgan fingerprint density at radius 2 is 0.672 bits per heavy atom. The topological polar surface area (TPSA) is 72.8 Å². The lowest BCUT2D eigenvalue weighted by molar-refractivity contribution is -0.161. The minimum atomic E-state index is -0.788. The van der Waals surface area contributed by atoms with Crippen LogP contribution in [-0.4, -0.2) is 36.4 Å². The molecule has 64 heavy (non-hydrogen) atoms. The number of carbonyl (C=O) groups excluding carboxylic acids is 2. The average Bonchev–Trinajstić information content (AvgIpc) is 3.30. The highest BCUT2D eigenvalue weighted by Crippen LogP contribution is 2.13. The molecule has 0 radical (unpaired) electrons. The van der Waals surface area contributed by atoms with Crippen LogP contribution in [0.15, 0.2) is 122 Å². The Morgan fingerprint density at radius 3 is 1.02 bits per heavy atom. The smallest absolute Gasteiger partial charge is 0.306 e. The summed E-state index contributed by atoms with van der Waals surface area (Å²) in [5.74, 6) is -0.616. The molecule has 0 spiro atoms. The van der Waals surface area contributed by atoms with Gasteiger partial charge in [0.25, 0.3) is 0 Å². The number of aliphatic hydroxyl groups is 1. The normalized spacial score (nSPS) is 13.2. The van der Waals surface area contributed by atoms with Crippen molar-refractivity contribution in [1.82, 2.24) is 0 Å². The summed E-state index contributed by atoms with van der Waals surface area (Å²) in [6.07, 6.45) is 78.6. The first-order chi connectivity index (χ1) is 31.6. The van der Waals surface area contributed by atoms with Gasteiger partial charge >= 0.3 is 11.9 Å². The second-order valence-electron chi connectivity index (χ2n) is 16.9. The van der Waals surface area contributed by atoms with E-state index in [1.807, 2.05) is 0 Å². The highest BCUT2D eigenvalue weighted by molar-refractivity contribution is 5.70. The van der Waals surface area contributed by atoms with E-state index in [4.69, 9.17) is 9.47 Å². The summed E-state index contributed by atoms with van der Waals surface area (Å²) in [6.45, 7) is 3.98. The zero-order chi connectivity index (χ0) is 46.3. The fourth-order valence-corrected chi connectivity index (χ4v) is 6.84. The fourth-order valence-electron chi connectivity index (χ4n) is 6.84. The van der Waals surface area contributed by atoms with Gasteiger partial charge < -0.3 is 14.6 Å². The van der Waals surface area contributed by atoms with Gasteiger partial charge in [-0.2, -0.15) is 0 Å². The molecule has 0 rings (SSSR count). The molecule has 362 valence electrons. The van der Waals surface area contributed by atoms with Crippen molar-refractivity contribution in [3.8, 4) is 0 Å². The lowest BCUT2D eigenvalue weighted by atomic mass is 10.1. The molecule has 0 saturated carbocycles. The third-order valence-electron chi connectivity index (χ3n) is 10.7. The largest absolute Gasteiger partial charge is 0.462 e. The van der Waals surface area contributed by atoms with E-state index in [0.29, 0.717) is 12.8 Å². The van der Waals surface area contributed by atoms with E-state index < -0.39 is 6.10 Å². The van der Waals surface area contributed by atoms with Crippen molar-refractivity contribution < 1.29 is 24.2 Å². The van der Waals surface area contributed by atoms with Crippen LogP contribution in [0.1, 0.15) is 219 Å². The highest BCUT2D eigenvalue weighted by atomic mass is 16.6. The van der Waals surface area contributed by atoms with Gasteiger partial charge in [0.2, 0.25) is 0 Å². The Bertz CT molecular complexity index is 1320. The predicted octanol–water partition coefficient (Wildman–Crippen LogP) is 17.5. The van der Waals surface area contributed by atoms with E-state index in [-0.39, 0.29) is 25.2 Å². The maximum Gasteiger partial charge on any atom is 0.306 e. The zero-order valence-electron chi connectivity index (χ0n) is 41.2. The van der Waals surface area contributed by atoms with Gasteiger partial charge in [0.05, 0.1) is 6.61 Å². The summed E-state index contributed by atoms with van der Waals surface area (Å²) < 4.78 is 10.7. The third-order valence-corrected chi connectivity index (χ3v) is 10.7. The minimum absolute atomic E-state index is 0.0800. The van der Waals surface area contributed by atoms with E-state index in [0.717, 1.165) is 109 Å². The summed E-state index contributed by atoms with van der Waals surface area (Å²) in [4.78, 5) is 24.4. The summed E-state index contributed by atoms with van der Waals surface area (Å²) in [5, 5.41) is 9.62. The Kier molecular flexibility index (Phi) is 50.5. The van der Waals surface area contributed by atoms with E-state index in [9.17, 15) is 14.7 Å². The Hall–Kier alpha value is -3.70. The van der Waals surface area contributed by atoms with Crippen LogP contribution in [0, 0.1) is 0 Å². The Labute approximate surface area is 394 Å². The molecule has 0 amide bonds. The molecule has 0 aliphatic heterocycles. The summed E-state index contributed by atoms with van der Waals surface area (Å²) in [7, 11) is 0. The first kappa shape index (κ1) is 60.3. The monoisotopic (exact) mass is 885 g/mol. The number of hydrogen-bond acceptors (Lipinski definition) is 5. The van der Waals surface area contributed by atoms with Gasteiger partial charge in [0, 0.05) is 12.8 Å². The number of hydrogen-bond donors (Lipinski definition) is 1. The summed E-state index contributed by atoms with van der Waals surface area (Å²) >= 11 is 0. The third kappa shape index (κ3) is 50.9. The van der Waals surface area contributed by atoms with Crippen molar-refractivity contribution in [2.45, 2.75) is 225 Å². The molecule has 0 aromatic heterocycles. The molecular weight excluding hydrogens is 789 g/mol. The molecule has 0 saturated heterocycles. The van der Waals surface area contributed by atoms with E-state index in [2.05, 4.69) is 135 Å². The van der Waals surface area contributed by atoms with Crippen LogP contribution in [0.25, 0.3) is 0 Å². The van der Waals surface area contributed by atoms with Crippen molar-refractivity contribution in [3.05, 3.63) is 122 Å². The molecule has 0 heterocycles. The van der Waals surface area contributed by atoms with Crippen LogP contribution in [0.5, 0.6) is 0 Å². The first-order valence-corrected chi connectivity index (χ1v) is 26.1. The lowest BCUT2D eigenvalue weighted by Gasteiger charge is -2.15. The fraction of sp³-hybridized carbons (Fsp3) is 0.627. The molecule has 0 aliphatic rings. The number of ether oxygens (including phenoxy) is 2. The van der Waals surface area contributed by atoms with Crippen molar-refractivity contribution in [1.29, 1.82) is 0 Å². The average molecular weight is 885 g/mol. The molecule has 0 fully saturated rings. The van der Waals surface area contributed by atoms with Crippen molar-refractivity contribution in [2.75, 3.05) is 13.2 Å². The lowest BCUT2D eigenvalue weighted by Crippen LogP contribution is -2.28. The quantitative estimate of drug-likeness (QED) is 0.0375. The van der Waals surface area contributed by atoms with Crippen LogP contribution < -0.4 is 0 Å². The van der Waals surface area contributed by atoms with E-state index in [1.54, 1.807) is 0 Å². The predicted molar refractivity (Wildman–Crippen MR) is 278 cm³/mol. The van der Waals surface area contributed by atoms with Crippen molar-refractivity contribution in [3.63, 3.8) is 0 Å². The number of esters is 2. The molecule has 1 N–H and O–H groups in total. The highest BCUT2D eigenvalue weighted by Gasteiger charge is 2.16. The molecular formula is C59H96O5. The van der Waals surface area contributed by atoms with Gasteiger partial charge in [-0.25, -0.2) is 0 Å². The molecule has 0 aromatic rings. The summed E-state index contributed by atoms with van der Waals surface area (Å²) in [6, 6.07) is 0. The zero-order valence-corrected chi connectivity index (χ0v) is 41.2. The van der Waals surface area contributed by atoms with Gasteiger partial charge in [0.15, 0.2) is 6.10 Å². The molecule has 0 aromatic carbocycles. The van der Waals surface area contributed by atoms with Crippen LogP contribution in [0.3, 0.4) is 0 Å². The van der Waals surface area contributed by atoms with Gasteiger partial charge in [-0.05, 0) is 109 Å². The maximum absolute atomic E-state index is 12.3. The SMILES string of the molecule is CC/C=C\C/C=C\C/C=C\C/C=C\C/C=C\C/C=C\C/C=C\C/C=C\CCCCCCCCCCC(=O)OC(CO)COC(=O)CCCCCCCCC/C=C\C/C=C\CCCCC. The van der Waals surface area contributed by atoms with Gasteiger partial charge in [-0.1, -0.05) is 219 Å². The molecule has 0 aliphatic carbocycles. The van der Waals surface area contributed by atoms with Gasteiger partial charge in [0.1, 0.15) is 6.61 Å². The number of allylic oxidation sites excluding steroid dienone is 20. The Morgan fingerprint density at radius 1 is 0.375 bits per heavy atom. The molecule has 1 unspecified atom stereocenters. The molecule has 5 nitrogen and oxygen atoms in total. The molecule has 5 heteroatoms. The number of aliphatic hydroxyl groups excluding tert-OH is 1.